The minimum absolute atomic E-state index is 0.0449. The molecular weight excluding hydrogens is 326 g/mol. The van der Waals surface area contributed by atoms with Gasteiger partial charge in [-0.3, -0.25) is 14.2 Å². The van der Waals surface area contributed by atoms with Gasteiger partial charge in [0.25, 0.3) is 0 Å². The largest absolute Gasteiger partial charge is 0.352 e. The van der Waals surface area contributed by atoms with Gasteiger partial charge in [-0.1, -0.05) is 30.3 Å². The molecule has 0 fully saturated rings. The fourth-order valence-electron chi connectivity index (χ4n) is 3.06. The summed E-state index contributed by atoms with van der Waals surface area (Å²) in [6.45, 7) is 5.25. The van der Waals surface area contributed by atoms with Gasteiger partial charge < -0.3 is 5.32 Å². The maximum atomic E-state index is 12.2. The lowest BCUT2D eigenvalue weighted by Crippen LogP contribution is -2.23. The highest BCUT2D eigenvalue weighted by Gasteiger charge is 2.11. The molecule has 2 aromatic heterocycles. The van der Waals surface area contributed by atoms with E-state index < -0.39 is 0 Å². The van der Waals surface area contributed by atoms with Gasteiger partial charge in [-0.05, 0) is 31.4 Å². The molecule has 0 radical (unpaired) electrons. The first kappa shape index (κ1) is 17.9. The van der Waals surface area contributed by atoms with Crippen LogP contribution in [0.4, 0.5) is 0 Å². The molecule has 1 amide bonds. The van der Waals surface area contributed by atoms with Crippen molar-refractivity contribution in [2.45, 2.75) is 39.8 Å². The fraction of sp³-hybridized carbons (Fsp3) is 0.350. The Balaban J connectivity index is 1.47. The van der Waals surface area contributed by atoms with E-state index in [-0.39, 0.29) is 5.91 Å². The lowest BCUT2D eigenvalue weighted by atomic mass is 10.1. The summed E-state index contributed by atoms with van der Waals surface area (Å²) in [6, 6.07) is 10.2. The van der Waals surface area contributed by atoms with Gasteiger partial charge in [0.15, 0.2) is 0 Å². The van der Waals surface area contributed by atoms with E-state index in [9.17, 15) is 4.79 Å². The Morgan fingerprint density at radius 2 is 1.92 bits per heavy atom. The van der Waals surface area contributed by atoms with E-state index in [0.717, 1.165) is 23.5 Å². The molecule has 2 heterocycles. The van der Waals surface area contributed by atoms with E-state index in [2.05, 4.69) is 27.6 Å². The van der Waals surface area contributed by atoms with Crippen LogP contribution in [-0.2, 0) is 31.4 Å². The molecule has 6 nitrogen and oxygen atoms in total. The standard InChI is InChI=1S/C20H25N5O/c1-15-19(16(2)24(3)23-15)9-10-20(26)21-11-18-12-22-25(14-18)13-17-7-5-4-6-8-17/h4-8,12,14H,9-11,13H2,1-3H3,(H,21,26). The summed E-state index contributed by atoms with van der Waals surface area (Å²) in [7, 11) is 1.93. The first-order valence-electron chi connectivity index (χ1n) is 8.84. The fourth-order valence-corrected chi connectivity index (χ4v) is 3.06. The minimum Gasteiger partial charge on any atom is -0.352 e. The van der Waals surface area contributed by atoms with Crippen molar-refractivity contribution in [1.29, 1.82) is 0 Å². The number of hydrogen-bond donors (Lipinski definition) is 1. The maximum Gasteiger partial charge on any atom is 0.220 e. The Hall–Kier alpha value is -2.89. The number of carbonyl (C=O) groups excluding carboxylic acids is 1. The third kappa shape index (κ3) is 4.39. The Labute approximate surface area is 153 Å². The molecule has 3 aromatic rings. The van der Waals surface area contributed by atoms with Gasteiger partial charge in [-0.25, -0.2) is 0 Å². The molecule has 0 saturated carbocycles. The first-order chi connectivity index (χ1) is 12.5. The third-order valence-electron chi connectivity index (χ3n) is 4.62. The predicted octanol–water partition coefficient (Wildman–Crippen LogP) is 2.53. The number of amides is 1. The third-order valence-corrected chi connectivity index (χ3v) is 4.62. The second-order valence-electron chi connectivity index (χ2n) is 6.58. The van der Waals surface area contributed by atoms with Crippen LogP contribution in [0.5, 0.6) is 0 Å². The molecule has 0 aliphatic rings. The highest BCUT2D eigenvalue weighted by molar-refractivity contribution is 5.76. The molecule has 3 rings (SSSR count). The lowest BCUT2D eigenvalue weighted by Gasteiger charge is -2.05. The van der Waals surface area contributed by atoms with Gasteiger partial charge in [0.2, 0.25) is 5.91 Å². The van der Waals surface area contributed by atoms with Crippen molar-refractivity contribution in [2.24, 2.45) is 7.05 Å². The van der Waals surface area contributed by atoms with Crippen molar-refractivity contribution in [2.75, 3.05) is 0 Å². The Morgan fingerprint density at radius 3 is 2.62 bits per heavy atom. The van der Waals surface area contributed by atoms with Crippen molar-refractivity contribution >= 4 is 5.91 Å². The van der Waals surface area contributed by atoms with Crippen LogP contribution in [0.1, 0.15) is 34.5 Å². The van der Waals surface area contributed by atoms with E-state index in [1.165, 1.54) is 11.1 Å². The van der Waals surface area contributed by atoms with Crippen LogP contribution in [0.2, 0.25) is 0 Å². The highest BCUT2D eigenvalue weighted by Crippen LogP contribution is 2.14. The van der Waals surface area contributed by atoms with Crippen LogP contribution in [0.3, 0.4) is 0 Å². The van der Waals surface area contributed by atoms with Gasteiger partial charge in [0.1, 0.15) is 0 Å². The van der Waals surface area contributed by atoms with Gasteiger partial charge in [0, 0.05) is 37.5 Å². The second kappa shape index (κ2) is 7.99. The van der Waals surface area contributed by atoms with Gasteiger partial charge >= 0.3 is 0 Å². The van der Waals surface area contributed by atoms with Crippen LogP contribution in [0, 0.1) is 13.8 Å². The molecule has 0 spiro atoms. The summed E-state index contributed by atoms with van der Waals surface area (Å²) >= 11 is 0. The van der Waals surface area contributed by atoms with E-state index >= 15 is 0 Å². The molecule has 0 atom stereocenters. The van der Waals surface area contributed by atoms with Crippen molar-refractivity contribution in [3.8, 4) is 0 Å². The summed E-state index contributed by atoms with van der Waals surface area (Å²) in [5, 5.41) is 11.7. The molecule has 0 aliphatic heterocycles. The van der Waals surface area contributed by atoms with Gasteiger partial charge in [-0.2, -0.15) is 10.2 Å². The zero-order valence-electron chi connectivity index (χ0n) is 15.6. The smallest absolute Gasteiger partial charge is 0.220 e. The Kier molecular flexibility index (Phi) is 5.51. The minimum atomic E-state index is 0.0449. The SMILES string of the molecule is Cc1nn(C)c(C)c1CCC(=O)NCc1cnn(Cc2ccccc2)c1. The van der Waals surface area contributed by atoms with Gasteiger partial charge in [0.05, 0.1) is 18.4 Å². The van der Waals surface area contributed by atoms with E-state index in [4.69, 9.17) is 0 Å². The molecule has 1 aromatic carbocycles. The lowest BCUT2D eigenvalue weighted by molar-refractivity contribution is -0.121. The summed E-state index contributed by atoms with van der Waals surface area (Å²) in [5.74, 6) is 0.0449. The van der Waals surface area contributed by atoms with Crippen molar-refractivity contribution in [3.05, 3.63) is 70.8 Å². The molecular formula is C20H25N5O. The van der Waals surface area contributed by atoms with E-state index in [1.54, 1.807) is 6.20 Å². The van der Waals surface area contributed by atoms with Crippen molar-refractivity contribution in [1.82, 2.24) is 24.9 Å². The highest BCUT2D eigenvalue weighted by atomic mass is 16.1. The number of nitrogens with zero attached hydrogens (tertiary/aromatic N) is 4. The first-order valence-corrected chi connectivity index (χ1v) is 8.84. The predicted molar refractivity (Wildman–Crippen MR) is 101 cm³/mol. The number of rotatable bonds is 7. The van der Waals surface area contributed by atoms with Crippen molar-refractivity contribution in [3.63, 3.8) is 0 Å². The number of aryl methyl sites for hydroxylation is 2. The molecule has 136 valence electrons. The summed E-state index contributed by atoms with van der Waals surface area (Å²) < 4.78 is 3.75. The topological polar surface area (TPSA) is 64.7 Å². The number of nitrogens with one attached hydrogen (secondary N) is 1. The molecule has 0 saturated heterocycles. The van der Waals surface area contributed by atoms with E-state index in [0.29, 0.717) is 19.4 Å². The van der Waals surface area contributed by atoms with Crippen LogP contribution in [-0.4, -0.2) is 25.5 Å². The number of benzene rings is 1. The Bertz CT molecular complexity index is 879. The number of carbonyl (C=O) groups is 1. The van der Waals surface area contributed by atoms with Crippen molar-refractivity contribution < 1.29 is 4.79 Å². The summed E-state index contributed by atoms with van der Waals surface area (Å²) in [6.07, 6.45) is 4.96. The molecule has 0 aliphatic carbocycles. The molecule has 6 heteroatoms. The van der Waals surface area contributed by atoms with Crippen LogP contribution in [0.15, 0.2) is 42.7 Å². The zero-order valence-corrected chi connectivity index (χ0v) is 15.6. The van der Waals surface area contributed by atoms with Crippen LogP contribution >= 0.6 is 0 Å². The van der Waals surface area contributed by atoms with Crippen LogP contribution < -0.4 is 5.32 Å². The normalized spacial score (nSPS) is 10.9. The maximum absolute atomic E-state index is 12.2. The van der Waals surface area contributed by atoms with Gasteiger partial charge in [-0.15, -0.1) is 0 Å². The Morgan fingerprint density at radius 1 is 1.15 bits per heavy atom. The second-order valence-corrected chi connectivity index (χ2v) is 6.58. The summed E-state index contributed by atoms with van der Waals surface area (Å²) in [4.78, 5) is 12.2. The van der Waals surface area contributed by atoms with Crippen LogP contribution in [0.25, 0.3) is 0 Å². The zero-order chi connectivity index (χ0) is 18.5. The molecule has 0 bridgehead atoms. The molecule has 1 N–H and O–H groups in total. The molecule has 0 unspecified atom stereocenters. The molecule has 26 heavy (non-hydrogen) atoms. The number of hydrogen-bond acceptors (Lipinski definition) is 3. The average Bonchev–Trinajstić information content (AvgIpc) is 3.17. The number of aromatic nitrogens is 4. The summed E-state index contributed by atoms with van der Waals surface area (Å²) in [5.41, 5.74) is 5.49. The quantitative estimate of drug-likeness (QED) is 0.711. The monoisotopic (exact) mass is 351 g/mol. The average molecular weight is 351 g/mol. The van der Waals surface area contributed by atoms with E-state index in [1.807, 2.05) is 54.7 Å².